The number of aliphatic hydroxyl groups excluding tert-OH is 3. The van der Waals surface area contributed by atoms with Crippen molar-refractivity contribution in [2.24, 2.45) is 40.4 Å². The molecule has 5 rings (SSSR count). The van der Waals surface area contributed by atoms with Gasteiger partial charge in [0, 0.05) is 12.8 Å². The van der Waals surface area contributed by atoms with Crippen LogP contribution in [0.25, 0.3) is 0 Å². The number of carbonyl (C=O) groups is 3. The molecular formula is C29H44O10. The molecule has 0 amide bonds. The van der Waals surface area contributed by atoms with Crippen molar-refractivity contribution in [3.63, 3.8) is 0 Å². The lowest BCUT2D eigenvalue weighted by Crippen LogP contribution is -2.61. The Balaban J connectivity index is 1.24. The highest BCUT2D eigenvalue weighted by molar-refractivity contribution is 5.85. The third-order valence-corrected chi connectivity index (χ3v) is 11.6. The maximum absolute atomic E-state index is 13.0. The minimum absolute atomic E-state index is 0.0529. The number of ketones is 1. The molecule has 1 saturated heterocycles. The highest BCUT2D eigenvalue weighted by Crippen LogP contribution is 2.67. The first-order chi connectivity index (χ1) is 18.4. The van der Waals surface area contributed by atoms with Crippen LogP contribution in [0.5, 0.6) is 0 Å². The van der Waals surface area contributed by atoms with Gasteiger partial charge in [-0.15, -0.1) is 0 Å². The van der Waals surface area contributed by atoms with E-state index >= 15 is 0 Å². The number of rotatable bonds is 6. The maximum atomic E-state index is 13.0. The molecule has 5 fully saturated rings. The van der Waals surface area contributed by atoms with Crippen molar-refractivity contribution >= 4 is 17.7 Å². The molecule has 0 spiro atoms. The van der Waals surface area contributed by atoms with Crippen LogP contribution in [-0.2, 0) is 28.6 Å². The quantitative estimate of drug-likeness (QED) is 0.284. The molecule has 0 radical (unpaired) electrons. The molecule has 4 N–H and O–H groups in total. The lowest BCUT2D eigenvalue weighted by molar-refractivity contribution is -0.309. The predicted octanol–water partition coefficient (Wildman–Crippen LogP) is 2.05. The van der Waals surface area contributed by atoms with Crippen LogP contribution in [0.2, 0.25) is 0 Å². The Hall–Kier alpha value is -1.59. The number of aliphatic carboxylic acids is 1. The van der Waals surface area contributed by atoms with Crippen LogP contribution in [0.3, 0.4) is 0 Å². The Morgan fingerprint density at radius 3 is 2.26 bits per heavy atom. The van der Waals surface area contributed by atoms with Gasteiger partial charge in [-0.3, -0.25) is 9.59 Å². The van der Waals surface area contributed by atoms with Gasteiger partial charge >= 0.3 is 11.9 Å². The smallest absolute Gasteiger partial charge is 0.335 e. The number of fused-ring (bicyclic) bond motifs is 5. The standard InChI is InChI=1S/C29H44O10/c1-14(30)37-13-21(31)20-7-6-18-17-5-4-15-12-16(8-10-28(15,2)19(17)9-11-29(18,20)3)38-27-24(34)22(32)23(33)25(39-27)26(35)36/h15-20,22-25,27,32-34H,4-13H2,1-3H3,(H,35,36)/t15-,16-,17-,18-,19-,20+,22+,23-,24+,25-,27?,28-,29-/m0/s1. The number of esters is 1. The van der Waals surface area contributed by atoms with Crippen LogP contribution in [0, 0.1) is 40.4 Å². The first kappa shape index (κ1) is 28.9. The third kappa shape index (κ3) is 4.94. The van der Waals surface area contributed by atoms with E-state index in [1.807, 2.05) is 0 Å². The minimum Gasteiger partial charge on any atom is -0.479 e. The molecule has 0 aromatic heterocycles. The molecule has 39 heavy (non-hydrogen) atoms. The normalized spacial score (nSPS) is 49.3. The largest absolute Gasteiger partial charge is 0.479 e. The van der Waals surface area contributed by atoms with Gasteiger partial charge in [0.15, 0.2) is 18.2 Å². The summed E-state index contributed by atoms with van der Waals surface area (Å²) in [5.41, 5.74) is 0.0811. The van der Waals surface area contributed by atoms with Crippen LogP contribution in [-0.4, -0.2) is 81.6 Å². The van der Waals surface area contributed by atoms with Gasteiger partial charge < -0.3 is 34.6 Å². The molecule has 1 unspecified atom stereocenters. The van der Waals surface area contributed by atoms with Crippen LogP contribution >= 0.6 is 0 Å². The second kappa shape index (κ2) is 10.7. The molecule has 10 nitrogen and oxygen atoms in total. The highest BCUT2D eigenvalue weighted by atomic mass is 16.7. The first-order valence-electron chi connectivity index (χ1n) is 14.6. The van der Waals surface area contributed by atoms with Crippen molar-refractivity contribution in [2.45, 2.75) is 115 Å². The van der Waals surface area contributed by atoms with Gasteiger partial charge in [0.2, 0.25) is 0 Å². The number of Topliss-reactive ketones (excluding diaryl/α,β-unsaturated/α-hetero) is 1. The molecule has 1 aliphatic heterocycles. The summed E-state index contributed by atoms with van der Waals surface area (Å²) >= 11 is 0. The lowest BCUT2D eigenvalue weighted by Gasteiger charge is -2.61. The molecule has 13 atom stereocenters. The van der Waals surface area contributed by atoms with Gasteiger partial charge in [-0.05, 0) is 92.3 Å². The first-order valence-corrected chi connectivity index (χ1v) is 14.6. The molecule has 10 heteroatoms. The van der Waals surface area contributed by atoms with Crippen molar-refractivity contribution in [1.29, 1.82) is 0 Å². The SMILES string of the molecule is CC(=O)OCC(=O)[C@H]1CC[C@H]2[C@@H]3CC[C@H]4C[C@@H](OC5O[C@H](C(=O)O)[C@@H](O)[C@@H](O)[C@H]5O)CC[C@]4(C)[C@H]3CC[C@]12C. The zero-order chi connectivity index (χ0) is 28.3. The van der Waals surface area contributed by atoms with Crippen molar-refractivity contribution < 1.29 is 49.0 Å². The van der Waals surface area contributed by atoms with Gasteiger partial charge in [0.05, 0.1) is 6.10 Å². The Kier molecular flexibility index (Phi) is 7.91. The molecular weight excluding hydrogens is 508 g/mol. The number of carboxylic acid groups (broad SMARTS) is 1. The van der Waals surface area contributed by atoms with Gasteiger partial charge in [0.25, 0.3) is 0 Å². The van der Waals surface area contributed by atoms with Gasteiger partial charge in [-0.2, -0.15) is 0 Å². The average Bonchev–Trinajstić information content (AvgIpc) is 3.24. The summed E-state index contributed by atoms with van der Waals surface area (Å²) in [4.78, 5) is 35.7. The molecule has 4 aliphatic carbocycles. The molecule has 0 aromatic carbocycles. The molecule has 1 heterocycles. The zero-order valence-electron chi connectivity index (χ0n) is 23.2. The van der Waals surface area contributed by atoms with Crippen LogP contribution in [0.4, 0.5) is 0 Å². The number of carboxylic acids is 1. The van der Waals surface area contributed by atoms with Crippen LogP contribution < -0.4 is 0 Å². The van der Waals surface area contributed by atoms with Crippen molar-refractivity contribution in [1.82, 2.24) is 0 Å². The molecule has 4 saturated carbocycles. The predicted molar refractivity (Wildman–Crippen MR) is 136 cm³/mol. The second-order valence-corrected chi connectivity index (χ2v) is 13.3. The van der Waals surface area contributed by atoms with E-state index in [-0.39, 0.29) is 35.2 Å². The van der Waals surface area contributed by atoms with E-state index in [2.05, 4.69) is 13.8 Å². The van der Waals surface area contributed by atoms with E-state index in [1.165, 1.54) is 6.92 Å². The highest BCUT2D eigenvalue weighted by Gasteiger charge is 2.61. The minimum atomic E-state index is -1.73. The topological polar surface area (TPSA) is 160 Å². The summed E-state index contributed by atoms with van der Waals surface area (Å²) < 4.78 is 16.5. The zero-order valence-corrected chi connectivity index (χ0v) is 23.2. The number of aliphatic hydroxyl groups is 3. The second-order valence-electron chi connectivity index (χ2n) is 13.3. The molecule has 0 aromatic rings. The van der Waals surface area contributed by atoms with Crippen molar-refractivity contribution in [2.75, 3.05) is 6.61 Å². The Labute approximate surface area is 229 Å². The molecule has 5 aliphatic rings. The van der Waals surface area contributed by atoms with E-state index in [0.29, 0.717) is 23.7 Å². The summed E-state index contributed by atoms with van der Waals surface area (Å²) in [6.07, 6.45) is 0.424. The number of hydrogen-bond donors (Lipinski definition) is 4. The van der Waals surface area contributed by atoms with Gasteiger partial charge in [-0.1, -0.05) is 13.8 Å². The molecule has 0 bridgehead atoms. The third-order valence-electron chi connectivity index (χ3n) is 11.6. The van der Waals surface area contributed by atoms with E-state index in [0.717, 1.165) is 57.8 Å². The summed E-state index contributed by atoms with van der Waals surface area (Å²) in [6.45, 7) is 5.89. The van der Waals surface area contributed by atoms with Crippen molar-refractivity contribution in [3.05, 3.63) is 0 Å². The summed E-state index contributed by atoms with van der Waals surface area (Å²) in [5.74, 6) is 0.190. The summed E-state index contributed by atoms with van der Waals surface area (Å²) in [7, 11) is 0. The summed E-state index contributed by atoms with van der Waals surface area (Å²) in [5, 5.41) is 39.9. The van der Waals surface area contributed by atoms with E-state index in [1.54, 1.807) is 0 Å². The van der Waals surface area contributed by atoms with Gasteiger partial charge in [0.1, 0.15) is 24.9 Å². The summed E-state index contributed by atoms with van der Waals surface area (Å²) in [6, 6.07) is 0. The van der Waals surface area contributed by atoms with Gasteiger partial charge in [-0.25, -0.2) is 4.79 Å². The fourth-order valence-corrected chi connectivity index (χ4v) is 9.50. The lowest BCUT2D eigenvalue weighted by atomic mass is 9.44. The van der Waals surface area contributed by atoms with E-state index in [4.69, 9.17) is 14.2 Å². The van der Waals surface area contributed by atoms with E-state index < -0.39 is 42.6 Å². The molecule has 220 valence electrons. The Morgan fingerprint density at radius 1 is 0.872 bits per heavy atom. The van der Waals surface area contributed by atoms with Crippen LogP contribution in [0.15, 0.2) is 0 Å². The maximum Gasteiger partial charge on any atom is 0.335 e. The number of hydrogen-bond acceptors (Lipinski definition) is 9. The Bertz CT molecular complexity index is 970. The van der Waals surface area contributed by atoms with E-state index in [9.17, 15) is 34.8 Å². The fraction of sp³-hybridized carbons (Fsp3) is 0.897. The van der Waals surface area contributed by atoms with Crippen molar-refractivity contribution in [3.8, 4) is 0 Å². The average molecular weight is 553 g/mol. The fourth-order valence-electron chi connectivity index (χ4n) is 9.50. The number of ether oxygens (including phenoxy) is 3. The monoisotopic (exact) mass is 552 g/mol. The number of carbonyl (C=O) groups excluding carboxylic acids is 2. The Morgan fingerprint density at radius 2 is 1.56 bits per heavy atom. The van der Waals surface area contributed by atoms with Crippen LogP contribution in [0.1, 0.15) is 78.6 Å².